The summed E-state index contributed by atoms with van der Waals surface area (Å²) in [5, 5.41) is 13.5. The van der Waals surface area contributed by atoms with Gasteiger partial charge in [0, 0.05) is 29.8 Å². The Hall–Kier alpha value is -5.90. The normalized spacial score (nSPS) is 16.1. The van der Waals surface area contributed by atoms with Crippen molar-refractivity contribution in [1.29, 1.82) is 0 Å². The van der Waals surface area contributed by atoms with Gasteiger partial charge in [-0.3, -0.25) is 14.3 Å². The third kappa shape index (κ3) is 7.39. The molecule has 48 heavy (non-hydrogen) atoms. The van der Waals surface area contributed by atoms with Gasteiger partial charge in [-0.1, -0.05) is 84.9 Å². The molecule has 2 N–H and O–H groups in total. The maximum Gasteiger partial charge on any atom is 0.420 e. The third-order valence-electron chi connectivity index (χ3n) is 8.59. The summed E-state index contributed by atoms with van der Waals surface area (Å²) in [5.41, 5.74) is 5.20. The first-order valence-corrected chi connectivity index (χ1v) is 15.8. The Morgan fingerprint density at radius 3 is 2.33 bits per heavy atom. The van der Waals surface area contributed by atoms with Gasteiger partial charge in [-0.05, 0) is 66.6 Å². The van der Waals surface area contributed by atoms with E-state index in [-0.39, 0.29) is 25.2 Å². The number of aromatic nitrogens is 1. The number of aldehydes is 1. The monoisotopic (exact) mass is 645 g/mol. The number of hydrogen-bond donors (Lipinski definition) is 2. The van der Waals surface area contributed by atoms with Crippen molar-refractivity contribution in [3.8, 4) is 11.1 Å². The molecule has 0 saturated heterocycles. The SMILES string of the molecule is O=Cc1ccc2oc(=O)n(CC=Cc3ccc(-c4ccccc4)c(N(C(=O)O)[C@H]4CC[C@H](NC(=O)OCc5ccccc5)CC4)c3)c2c1. The fourth-order valence-electron chi connectivity index (χ4n) is 6.20. The van der Waals surface area contributed by atoms with Crippen molar-refractivity contribution >= 4 is 41.3 Å². The van der Waals surface area contributed by atoms with Gasteiger partial charge in [0.2, 0.25) is 0 Å². The Morgan fingerprint density at radius 1 is 0.917 bits per heavy atom. The molecule has 10 nitrogen and oxygen atoms in total. The van der Waals surface area contributed by atoms with Crippen LogP contribution in [0.4, 0.5) is 15.3 Å². The highest BCUT2D eigenvalue weighted by atomic mass is 16.5. The largest absolute Gasteiger partial charge is 0.465 e. The molecule has 1 heterocycles. The van der Waals surface area contributed by atoms with Gasteiger partial charge in [0.05, 0.1) is 11.2 Å². The molecule has 6 rings (SSSR count). The van der Waals surface area contributed by atoms with Crippen LogP contribution in [0.25, 0.3) is 28.3 Å². The molecule has 1 saturated carbocycles. The molecule has 0 spiro atoms. The summed E-state index contributed by atoms with van der Waals surface area (Å²) in [4.78, 5) is 50.6. The number of alkyl carbamates (subject to hydrolysis) is 1. The van der Waals surface area contributed by atoms with E-state index >= 15 is 0 Å². The van der Waals surface area contributed by atoms with Crippen LogP contribution in [0.3, 0.4) is 0 Å². The minimum Gasteiger partial charge on any atom is -0.465 e. The molecule has 0 radical (unpaired) electrons. The number of rotatable bonds is 10. The van der Waals surface area contributed by atoms with Gasteiger partial charge < -0.3 is 19.6 Å². The van der Waals surface area contributed by atoms with Crippen molar-refractivity contribution in [3.63, 3.8) is 0 Å². The van der Waals surface area contributed by atoms with Crippen LogP contribution in [0.15, 0.2) is 112 Å². The molecule has 10 heteroatoms. The van der Waals surface area contributed by atoms with Gasteiger partial charge in [0.25, 0.3) is 0 Å². The van der Waals surface area contributed by atoms with E-state index in [0.717, 1.165) is 22.3 Å². The van der Waals surface area contributed by atoms with Crippen LogP contribution in [0, 0.1) is 0 Å². The van der Waals surface area contributed by atoms with Gasteiger partial charge in [0.1, 0.15) is 12.9 Å². The van der Waals surface area contributed by atoms with Crippen molar-refractivity contribution in [2.24, 2.45) is 0 Å². The van der Waals surface area contributed by atoms with Gasteiger partial charge in [-0.2, -0.15) is 0 Å². The van der Waals surface area contributed by atoms with E-state index in [2.05, 4.69) is 5.32 Å². The summed E-state index contributed by atoms with van der Waals surface area (Å²) in [5.74, 6) is -0.538. The number of ether oxygens (including phenoxy) is 1. The molecule has 1 fully saturated rings. The number of fused-ring (bicyclic) bond motifs is 1. The summed E-state index contributed by atoms with van der Waals surface area (Å²) >= 11 is 0. The molecule has 0 unspecified atom stereocenters. The first-order chi connectivity index (χ1) is 23.4. The van der Waals surface area contributed by atoms with E-state index in [0.29, 0.717) is 54.3 Å². The molecule has 1 aliphatic rings. The number of allylic oxidation sites excluding steroid dienone is 1. The number of hydrogen-bond acceptors (Lipinski definition) is 6. The third-order valence-corrected chi connectivity index (χ3v) is 8.59. The van der Waals surface area contributed by atoms with Crippen LogP contribution < -0.4 is 16.0 Å². The molecule has 1 aromatic heterocycles. The van der Waals surface area contributed by atoms with Crippen LogP contribution in [-0.4, -0.2) is 40.2 Å². The van der Waals surface area contributed by atoms with Crippen molar-refractivity contribution in [3.05, 3.63) is 130 Å². The highest BCUT2D eigenvalue weighted by Crippen LogP contribution is 2.36. The van der Waals surface area contributed by atoms with Gasteiger partial charge in [-0.25, -0.2) is 14.4 Å². The summed E-state index contributed by atoms with van der Waals surface area (Å²) in [7, 11) is 0. The molecular weight excluding hydrogens is 610 g/mol. The number of nitrogens with zero attached hydrogens (tertiary/aromatic N) is 2. The number of benzene rings is 4. The number of amides is 2. The summed E-state index contributed by atoms with van der Waals surface area (Å²) in [6, 6.07) is 29.1. The smallest absolute Gasteiger partial charge is 0.420 e. The number of carbonyl (C=O) groups is 3. The second-order valence-electron chi connectivity index (χ2n) is 11.7. The fraction of sp³-hybridized carbons (Fsp3) is 0.211. The quantitative estimate of drug-likeness (QED) is 0.150. The molecule has 2 amide bonds. The number of nitrogens with one attached hydrogen (secondary N) is 1. The zero-order valence-corrected chi connectivity index (χ0v) is 26.2. The molecule has 244 valence electrons. The summed E-state index contributed by atoms with van der Waals surface area (Å²) in [6.07, 6.45) is 5.12. The lowest BCUT2D eigenvalue weighted by Crippen LogP contribution is -2.46. The van der Waals surface area contributed by atoms with Crippen molar-refractivity contribution in [1.82, 2.24) is 9.88 Å². The topological polar surface area (TPSA) is 131 Å². The lowest BCUT2D eigenvalue weighted by atomic mass is 9.89. The number of carboxylic acid groups (broad SMARTS) is 1. The number of carbonyl (C=O) groups excluding carboxylic acids is 2. The second kappa shape index (κ2) is 14.7. The Kier molecular flexibility index (Phi) is 9.80. The zero-order valence-electron chi connectivity index (χ0n) is 26.2. The van der Waals surface area contributed by atoms with E-state index in [1.807, 2.05) is 84.9 Å². The van der Waals surface area contributed by atoms with Gasteiger partial charge in [-0.15, -0.1) is 0 Å². The molecule has 0 bridgehead atoms. The number of anilines is 1. The molecule has 1 aliphatic carbocycles. The van der Waals surface area contributed by atoms with Crippen LogP contribution in [0.1, 0.15) is 47.2 Å². The van der Waals surface area contributed by atoms with Crippen molar-refractivity contribution < 1.29 is 28.6 Å². The van der Waals surface area contributed by atoms with E-state index in [4.69, 9.17) is 9.15 Å². The van der Waals surface area contributed by atoms with Gasteiger partial charge in [0.15, 0.2) is 5.58 Å². The fourth-order valence-corrected chi connectivity index (χ4v) is 6.20. The maximum absolute atomic E-state index is 12.9. The van der Waals surface area contributed by atoms with Crippen molar-refractivity contribution in [2.45, 2.75) is 50.9 Å². The predicted octanol–water partition coefficient (Wildman–Crippen LogP) is 7.51. The van der Waals surface area contributed by atoms with E-state index in [9.17, 15) is 24.3 Å². The zero-order chi connectivity index (χ0) is 33.5. The molecular formula is C38H35N3O7. The first-order valence-electron chi connectivity index (χ1n) is 15.8. The van der Waals surface area contributed by atoms with E-state index in [1.54, 1.807) is 24.3 Å². The van der Waals surface area contributed by atoms with E-state index in [1.165, 1.54) is 9.47 Å². The molecule has 0 atom stereocenters. The summed E-state index contributed by atoms with van der Waals surface area (Å²) < 4.78 is 12.1. The van der Waals surface area contributed by atoms with Gasteiger partial charge >= 0.3 is 17.9 Å². The Labute approximate surface area is 276 Å². The van der Waals surface area contributed by atoms with Crippen LogP contribution in [-0.2, 0) is 17.9 Å². The Morgan fingerprint density at radius 2 is 1.62 bits per heavy atom. The highest BCUT2D eigenvalue weighted by molar-refractivity contribution is 5.94. The van der Waals surface area contributed by atoms with Crippen LogP contribution in [0.5, 0.6) is 0 Å². The highest BCUT2D eigenvalue weighted by Gasteiger charge is 2.32. The molecule has 4 aromatic carbocycles. The standard InChI is InChI=1S/C38H35N3O7/c42-24-28-14-20-35-34(23-28)40(38(46)48-35)21-7-10-26-13-19-32(29-11-5-2-6-12-29)33(22-26)41(37(44)45)31-17-15-30(16-18-31)39-36(43)47-25-27-8-3-1-4-9-27/h1-14,19-20,22-24,30-31H,15-18,21,25H2,(H,39,43)(H,44,45)/t30-,31-. The Bertz CT molecular complexity index is 1990. The Balaban J connectivity index is 1.20. The van der Waals surface area contributed by atoms with Crippen molar-refractivity contribution in [2.75, 3.05) is 4.90 Å². The maximum atomic E-state index is 12.9. The first kappa shape index (κ1) is 32.1. The molecule has 5 aromatic rings. The minimum absolute atomic E-state index is 0.118. The predicted molar refractivity (Wildman–Crippen MR) is 183 cm³/mol. The second-order valence-corrected chi connectivity index (χ2v) is 11.7. The average molecular weight is 646 g/mol. The van der Waals surface area contributed by atoms with Crippen LogP contribution >= 0.6 is 0 Å². The minimum atomic E-state index is -1.06. The van der Waals surface area contributed by atoms with Crippen LogP contribution in [0.2, 0.25) is 0 Å². The molecule has 0 aliphatic heterocycles. The van der Waals surface area contributed by atoms with E-state index < -0.39 is 17.9 Å². The summed E-state index contributed by atoms with van der Waals surface area (Å²) in [6.45, 7) is 0.371. The number of oxazole rings is 1. The lowest BCUT2D eigenvalue weighted by molar-refractivity contribution is 0.112. The lowest BCUT2D eigenvalue weighted by Gasteiger charge is -2.36. The average Bonchev–Trinajstić information content (AvgIpc) is 3.42.